The van der Waals surface area contributed by atoms with E-state index in [1.807, 2.05) is 0 Å². The second-order valence-electron chi connectivity index (χ2n) is 9.54. The Morgan fingerprint density at radius 2 is 1.51 bits per heavy atom. The summed E-state index contributed by atoms with van der Waals surface area (Å²) in [7, 11) is 0. The first-order valence-corrected chi connectivity index (χ1v) is 12.3. The maximum absolute atomic E-state index is 12.9. The number of carbonyl (C=O) groups is 2. The largest absolute Gasteiger partial charge is 0.416 e. The number of rotatable bonds is 6. The number of nitrogens with one attached hydrogen (secondary N) is 2. The summed E-state index contributed by atoms with van der Waals surface area (Å²) in [5.74, 6) is -0.265. The van der Waals surface area contributed by atoms with Crippen molar-refractivity contribution in [1.29, 1.82) is 0 Å². The van der Waals surface area contributed by atoms with Gasteiger partial charge in [-0.05, 0) is 68.2 Å². The van der Waals surface area contributed by atoms with Gasteiger partial charge in [-0.3, -0.25) is 9.59 Å². The molecule has 2 aromatic rings. The highest BCUT2D eigenvalue weighted by atomic mass is 19.4. The lowest BCUT2D eigenvalue weighted by Crippen LogP contribution is -2.50. The summed E-state index contributed by atoms with van der Waals surface area (Å²) in [6, 6.07) is 15.8. The summed E-state index contributed by atoms with van der Waals surface area (Å²) in [5.41, 5.74) is 0.426. The van der Waals surface area contributed by atoms with Gasteiger partial charge in [0.15, 0.2) is 0 Å². The van der Waals surface area contributed by atoms with Gasteiger partial charge in [-0.1, -0.05) is 36.4 Å². The quantitative estimate of drug-likeness (QED) is 0.619. The van der Waals surface area contributed by atoms with E-state index >= 15 is 0 Å². The van der Waals surface area contributed by atoms with Gasteiger partial charge in [-0.15, -0.1) is 0 Å². The third-order valence-corrected chi connectivity index (χ3v) is 7.17. The van der Waals surface area contributed by atoms with Crippen LogP contribution in [0.5, 0.6) is 0 Å². The van der Waals surface area contributed by atoms with Crippen molar-refractivity contribution in [2.45, 2.75) is 62.7 Å². The number of carbonyl (C=O) groups excluding carboxylic acids is 2. The van der Waals surface area contributed by atoms with Gasteiger partial charge >= 0.3 is 6.18 Å². The van der Waals surface area contributed by atoms with Gasteiger partial charge in [-0.2, -0.15) is 13.2 Å². The van der Waals surface area contributed by atoms with Crippen LogP contribution in [0.3, 0.4) is 0 Å². The average molecular weight is 488 g/mol. The molecule has 0 bridgehead atoms. The van der Waals surface area contributed by atoms with Crippen molar-refractivity contribution < 1.29 is 22.8 Å². The molecule has 1 aliphatic carbocycles. The molecular formula is C27H32F3N3O2. The lowest BCUT2D eigenvalue weighted by Gasteiger charge is -2.37. The molecule has 1 saturated carbocycles. The number of hydrogen-bond donors (Lipinski definition) is 2. The van der Waals surface area contributed by atoms with E-state index in [-0.39, 0.29) is 18.0 Å². The second kappa shape index (κ2) is 11.2. The Hall–Kier alpha value is -2.87. The Balaban J connectivity index is 1.17. The Morgan fingerprint density at radius 1 is 0.857 bits per heavy atom. The molecule has 188 valence electrons. The lowest BCUT2D eigenvalue weighted by atomic mass is 9.81. The normalized spacial score (nSPS) is 21.5. The molecule has 1 saturated heterocycles. The van der Waals surface area contributed by atoms with Crippen LogP contribution in [0, 0.1) is 0 Å². The highest BCUT2D eigenvalue weighted by Crippen LogP contribution is 2.33. The smallest absolute Gasteiger partial charge is 0.343 e. The topological polar surface area (TPSA) is 61.4 Å². The number of benzene rings is 2. The first-order chi connectivity index (χ1) is 16.8. The average Bonchev–Trinajstić information content (AvgIpc) is 2.88. The van der Waals surface area contributed by atoms with Crippen molar-refractivity contribution >= 4 is 11.8 Å². The summed E-state index contributed by atoms with van der Waals surface area (Å²) < 4.78 is 38.6. The van der Waals surface area contributed by atoms with E-state index in [2.05, 4.69) is 41.0 Å². The highest BCUT2D eigenvalue weighted by Gasteiger charge is 2.31. The number of amides is 2. The second-order valence-corrected chi connectivity index (χ2v) is 9.54. The minimum absolute atomic E-state index is 0.113. The van der Waals surface area contributed by atoms with Gasteiger partial charge in [-0.25, -0.2) is 0 Å². The van der Waals surface area contributed by atoms with E-state index < -0.39 is 17.6 Å². The van der Waals surface area contributed by atoms with Crippen LogP contribution in [0.25, 0.3) is 0 Å². The molecule has 0 atom stereocenters. The fraction of sp³-hybridized carbons (Fsp3) is 0.481. The molecule has 35 heavy (non-hydrogen) atoms. The summed E-state index contributed by atoms with van der Waals surface area (Å²) in [5, 5.41) is 6.23. The molecule has 8 heteroatoms. The molecule has 2 fully saturated rings. The van der Waals surface area contributed by atoms with Gasteiger partial charge in [0.25, 0.3) is 5.91 Å². The molecule has 0 radical (unpaired) electrons. The zero-order valence-corrected chi connectivity index (χ0v) is 19.7. The zero-order chi connectivity index (χ0) is 24.8. The van der Waals surface area contributed by atoms with Crippen LogP contribution >= 0.6 is 0 Å². The minimum atomic E-state index is -4.52. The van der Waals surface area contributed by atoms with Gasteiger partial charge in [0, 0.05) is 30.7 Å². The maximum Gasteiger partial charge on any atom is 0.416 e. The lowest BCUT2D eigenvalue weighted by molar-refractivity contribution is -0.137. The number of alkyl halides is 3. The standard InChI is InChI=1S/C27H32F3N3O2/c28-27(29,30)22-8-4-7-21(17-22)26(35)31-18-25(34)33-15-13-24(14-16-33)32-23-11-9-20(10-12-23)19-5-2-1-3-6-19/h1-8,17,20,23-24,32H,9-16,18H2,(H,31,35). The van der Waals surface area contributed by atoms with Gasteiger partial charge in [0.05, 0.1) is 12.1 Å². The van der Waals surface area contributed by atoms with Gasteiger partial charge < -0.3 is 15.5 Å². The van der Waals surface area contributed by atoms with Crippen LogP contribution in [0.1, 0.15) is 65.9 Å². The molecule has 0 aromatic heterocycles. The molecule has 2 aliphatic rings. The van der Waals surface area contributed by atoms with Gasteiger partial charge in [0.1, 0.15) is 0 Å². The van der Waals surface area contributed by atoms with Crippen molar-refractivity contribution in [1.82, 2.24) is 15.5 Å². The van der Waals surface area contributed by atoms with Crippen molar-refractivity contribution in [3.63, 3.8) is 0 Å². The number of nitrogens with zero attached hydrogens (tertiary/aromatic N) is 1. The summed E-state index contributed by atoms with van der Waals surface area (Å²) >= 11 is 0. The molecule has 2 N–H and O–H groups in total. The van der Waals surface area contributed by atoms with E-state index in [9.17, 15) is 22.8 Å². The third kappa shape index (κ3) is 6.84. The van der Waals surface area contributed by atoms with E-state index in [1.54, 1.807) is 4.90 Å². The van der Waals surface area contributed by atoms with E-state index in [0.717, 1.165) is 37.8 Å². The SMILES string of the molecule is O=C(NCC(=O)N1CCC(NC2CCC(c3ccccc3)CC2)CC1)c1cccc(C(F)(F)F)c1. The van der Waals surface area contributed by atoms with Crippen LogP contribution in [0.4, 0.5) is 13.2 Å². The molecule has 2 aromatic carbocycles. The van der Waals surface area contributed by atoms with Crippen LogP contribution in [0.15, 0.2) is 54.6 Å². The first kappa shape index (κ1) is 25.2. The highest BCUT2D eigenvalue weighted by molar-refractivity contribution is 5.96. The number of hydrogen-bond acceptors (Lipinski definition) is 3. The molecule has 2 amide bonds. The molecular weight excluding hydrogens is 455 g/mol. The Bertz CT molecular complexity index is 996. The van der Waals surface area contributed by atoms with Crippen LogP contribution in [-0.2, 0) is 11.0 Å². The fourth-order valence-electron chi connectivity index (χ4n) is 5.15. The molecule has 0 spiro atoms. The maximum atomic E-state index is 12.9. The van der Waals surface area contributed by atoms with Crippen molar-refractivity contribution in [2.75, 3.05) is 19.6 Å². The van der Waals surface area contributed by atoms with Crippen LogP contribution in [-0.4, -0.2) is 48.4 Å². The summed E-state index contributed by atoms with van der Waals surface area (Å²) in [6.07, 6.45) is 1.86. The monoisotopic (exact) mass is 487 g/mol. The van der Waals surface area contributed by atoms with E-state index in [4.69, 9.17) is 0 Å². The molecule has 5 nitrogen and oxygen atoms in total. The Kier molecular flexibility index (Phi) is 8.11. The third-order valence-electron chi connectivity index (χ3n) is 7.17. The van der Waals surface area contributed by atoms with E-state index in [0.29, 0.717) is 31.1 Å². The summed E-state index contributed by atoms with van der Waals surface area (Å²) in [4.78, 5) is 26.5. The number of piperidine rings is 1. The van der Waals surface area contributed by atoms with Crippen LogP contribution < -0.4 is 10.6 Å². The van der Waals surface area contributed by atoms with Crippen molar-refractivity contribution in [3.8, 4) is 0 Å². The van der Waals surface area contributed by atoms with Crippen molar-refractivity contribution in [2.24, 2.45) is 0 Å². The Labute approximate surface area is 204 Å². The minimum Gasteiger partial charge on any atom is -0.343 e. The van der Waals surface area contributed by atoms with E-state index in [1.165, 1.54) is 30.5 Å². The van der Waals surface area contributed by atoms with Crippen molar-refractivity contribution in [3.05, 3.63) is 71.3 Å². The zero-order valence-electron chi connectivity index (χ0n) is 19.7. The predicted octanol–water partition coefficient (Wildman–Crippen LogP) is 4.74. The molecule has 1 aliphatic heterocycles. The Morgan fingerprint density at radius 3 is 2.17 bits per heavy atom. The summed E-state index contributed by atoms with van der Waals surface area (Å²) in [6.45, 7) is 0.987. The number of likely N-dealkylation sites (tertiary alicyclic amines) is 1. The molecule has 4 rings (SSSR count). The number of halogens is 3. The molecule has 0 unspecified atom stereocenters. The molecule has 1 heterocycles. The fourth-order valence-corrected chi connectivity index (χ4v) is 5.15. The predicted molar refractivity (Wildman–Crippen MR) is 128 cm³/mol. The van der Waals surface area contributed by atoms with Crippen LogP contribution in [0.2, 0.25) is 0 Å². The first-order valence-electron chi connectivity index (χ1n) is 12.3. The van der Waals surface area contributed by atoms with Gasteiger partial charge in [0.2, 0.25) is 5.91 Å².